The van der Waals surface area contributed by atoms with E-state index in [-0.39, 0.29) is 23.5 Å². The number of urea groups is 1. The highest BCUT2D eigenvalue weighted by atomic mass is 19.1. The number of aliphatic hydroxyl groups is 1. The summed E-state index contributed by atoms with van der Waals surface area (Å²) in [6.07, 6.45) is 4.31. The van der Waals surface area contributed by atoms with Gasteiger partial charge < -0.3 is 19.6 Å². The molecule has 11 heteroatoms. The van der Waals surface area contributed by atoms with E-state index in [9.17, 15) is 14.3 Å². The van der Waals surface area contributed by atoms with Crippen molar-refractivity contribution >= 4 is 17.5 Å². The predicted octanol–water partition coefficient (Wildman–Crippen LogP) is 6.29. The molecular formula is C29H27FN6O4. The Balaban J connectivity index is 1.31. The van der Waals surface area contributed by atoms with Crippen molar-refractivity contribution in [3.05, 3.63) is 96.6 Å². The Hall–Kier alpha value is -5.03. The average Bonchev–Trinajstić information content (AvgIpc) is 3.61. The van der Waals surface area contributed by atoms with Crippen molar-refractivity contribution in [2.24, 2.45) is 0 Å². The van der Waals surface area contributed by atoms with Gasteiger partial charge in [-0.05, 0) is 35.9 Å². The van der Waals surface area contributed by atoms with E-state index >= 15 is 0 Å². The van der Waals surface area contributed by atoms with Gasteiger partial charge in [0.1, 0.15) is 35.1 Å². The van der Waals surface area contributed by atoms with Crippen molar-refractivity contribution in [3.8, 4) is 28.6 Å². The molecule has 0 fully saturated rings. The standard InChI is InChI=1S/C29H27FN6O4/c1-29(2,3)26-14-27(36(35-26)19-6-4-18(15-37)5-7-19)34-28(38)33-23-9-8-20(12-22(23)30)40-21-10-11-31-24(13-21)25-16-39-17-32-25/h4-14,16-17,37H,15H2,1-3H3,(H2,33,34,38). The summed E-state index contributed by atoms with van der Waals surface area (Å²) in [5, 5.41) is 19.3. The van der Waals surface area contributed by atoms with E-state index in [4.69, 9.17) is 9.15 Å². The first-order chi connectivity index (χ1) is 19.2. The molecular weight excluding hydrogens is 515 g/mol. The van der Waals surface area contributed by atoms with Gasteiger partial charge in [-0.2, -0.15) is 5.10 Å². The van der Waals surface area contributed by atoms with Crippen LogP contribution >= 0.6 is 0 Å². The Morgan fingerprint density at radius 1 is 1.00 bits per heavy atom. The van der Waals surface area contributed by atoms with Gasteiger partial charge in [-0.15, -0.1) is 0 Å². The number of anilines is 2. The first-order valence-electron chi connectivity index (χ1n) is 12.4. The summed E-state index contributed by atoms with van der Waals surface area (Å²) in [6, 6.07) is 15.7. The lowest BCUT2D eigenvalue weighted by molar-refractivity contribution is 0.262. The van der Waals surface area contributed by atoms with Crippen LogP contribution < -0.4 is 15.4 Å². The zero-order chi connectivity index (χ0) is 28.3. The fraction of sp³-hybridized carbons (Fsp3) is 0.172. The Labute approximate surface area is 229 Å². The van der Waals surface area contributed by atoms with Gasteiger partial charge in [0.2, 0.25) is 0 Å². The van der Waals surface area contributed by atoms with Crippen molar-refractivity contribution < 1.29 is 23.4 Å². The summed E-state index contributed by atoms with van der Waals surface area (Å²) < 4.78 is 27.3. The fourth-order valence-corrected chi connectivity index (χ4v) is 3.80. The van der Waals surface area contributed by atoms with Crippen molar-refractivity contribution in [2.45, 2.75) is 32.8 Å². The van der Waals surface area contributed by atoms with Crippen LogP contribution in [0.3, 0.4) is 0 Å². The summed E-state index contributed by atoms with van der Waals surface area (Å²) in [5.74, 6) is 0.392. The second-order valence-corrected chi connectivity index (χ2v) is 9.97. The average molecular weight is 543 g/mol. The number of oxazole rings is 1. The Kier molecular flexibility index (Phi) is 7.30. The van der Waals surface area contributed by atoms with Gasteiger partial charge in [-0.1, -0.05) is 32.9 Å². The monoisotopic (exact) mass is 542 g/mol. The Bertz CT molecular complexity index is 1630. The molecule has 204 valence electrons. The number of benzene rings is 2. The highest BCUT2D eigenvalue weighted by molar-refractivity contribution is 5.99. The number of carbonyl (C=O) groups is 1. The molecule has 40 heavy (non-hydrogen) atoms. The lowest BCUT2D eigenvalue weighted by atomic mass is 9.92. The summed E-state index contributed by atoms with van der Waals surface area (Å²) in [6.45, 7) is 5.96. The zero-order valence-electron chi connectivity index (χ0n) is 22.1. The maximum absolute atomic E-state index is 14.9. The van der Waals surface area contributed by atoms with Crippen LogP contribution in [0.25, 0.3) is 17.1 Å². The van der Waals surface area contributed by atoms with Crippen LogP contribution in [-0.4, -0.2) is 30.9 Å². The molecule has 0 saturated carbocycles. The molecule has 0 atom stereocenters. The number of hydrogen-bond donors (Lipinski definition) is 3. The molecule has 3 N–H and O–H groups in total. The van der Waals surface area contributed by atoms with Crippen LogP contribution in [0.15, 0.2) is 83.9 Å². The Morgan fingerprint density at radius 2 is 1.77 bits per heavy atom. The number of nitrogens with zero attached hydrogens (tertiary/aromatic N) is 4. The number of nitrogens with one attached hydrogen (secondary N) is 2. The number of carbonyl (C=O) groups excluding carboxylic acids is 1. The number of rotatable bonds is 7. The molecule has 0 aliphatic rings. The molecule has 0 saturated heterocycles. The molecule has 0 unspecified atom stereocenters. The van der Waals surface area contributed by atoms with Gasteiger partial charge in [0, 0.05) is 29.8 Å². The maximum atomic E-state index is 14.9. The lowest BCUT2D eigenvalue weighted by Crippen LogP contribution is -2.22. The van der Waals surface area contributed by atoms with Crippen molar-refractivity contribution in [2.75, 3.05) is 10.6 Å². The van der Waals surface area contributed by atoms with Crippen LogP contribution in [0.1, 0.15) is 32.0 Å². The number of halogens is 1. The van der Waals surface area contributed by atoms with Crippen LogP contribution in [0, 0.1) is 5.82 Å². The van der Waals surface area contributed by atoms with Crippen molar-refractivity contribution in [1.29, 1.82) is 0 Å². The molecule has 3 heterocycles. The van der Waals surface area contributed by atoms with Crippen LogP contribution in [0.4, 0.5) is 20.7 Å². The van der Waals surface area contributed by atoms with E-state index in [1.807, 2.05) is 20.8 Å². The molecule has 2 amide bonds. The lowest BCUT2D eigenvalue weighted by Gasteiger charge is -2.14. The van der Waals surface area contributed by atoms with Crippen LogP contribution in [-0.2, 0) is 12.0 Å². The highest BCUT2D eigenvalue weighted by Crippen LogP contribution is 2.29. The summed E-state index contributed by atoms with van der Waals surface area (Å²) in [7, 11) is 0. The molecule has 2 aromatic carbocycles. The number of aromatic nitrogens is 4. The number of amides is 2. The third-order valence-electron chi connectivity index (χ3n) is 5.93. The first-order valence-corrected chi connectivity index (χ1v) is 12.4. The van der Waals surface area contributed by atoms with Gasteiger partial charge in [0.05, 0.1) is 29.4 Å². The van der Waals surface area contributed by atoms with E-state index in [0.29, 0.717) is 28.6 Å². The van der Waals surface area contributed by atoms with E-state index in [0.717, 1.165) is 11.3 Å². The molecule has 0 aliphatic carbocycles. The minimum Gasteiger partial charge on any atom is -0.457 e. The highest BCUT2D eigenvalue weighted by Gasteiger charge is 2.22. The summed E-state index contributed by atoms with van der Waals surface area (Å²) in [4.78, 5) is 21.2. The van der Waals surface area contributed by atoms with Crippen molar-refractivity contribution in [1.82, 2.24) is 19.7 Å². The number of ether oxygens (including phenoxy) is 1. The number of aliphatic hydroxyl groups excluding tert-OH is 1. The molecule has 10 nitrogen and oxygen atoms in total. The quantitative estimate of drug-likeness (QED) is 0.221. The van der Waals surface area contributed by atoms with Gasteiger partial charge in [0.15, 0.2) is 6.39 Å². The summed E-state index contributed by atoms with van der Waals surface area (Å²) >= 11 is 0. The molecule has 3 aromatic heterocycles. The zero-order valence-corrected chi connectivity index (χ0v) is 22.1. The van der Waals surface area contributed by atoms with E-state index in [1.54, 1.807) is 59.4 Å². The number of hydrogen-bond acceptors (Lipinski definition) is 7. The number of pyridine rings is 1. The van der Waals surface area contributed by atoms with Gasteiger partial charge in [-0.25, -0.2) is 18.9 Å². The van der Waals surface area contributed by atoms with Crippen LogP contribution in [0.2, 0.25) is 0 Å². The van der Waals surface area contributed by atoms with Gasteiger partial charge >= 0.3 is 6.03 Å². The second-order valence-electron chi connectivity index (χ2n) is 9.97. The molecule has 0 spiro atoms. The first kappa shape index (κ1) is 26.6. The summed E-state index contributed by atoms with van der Waals surface area (Å²) in [5.41, 5.74) is 2.97. The topological polar surface area (TPSA) is 127 Å². The van der Waals surface area contributed by atoms with E-state index < -0.39 is 11.8 Å². The van der Waals surface area contributed by atoms with E-state index in [2.05, 4.69) is 25.7 Å². The SMILES string of the molecule is CC(C)(C)c1cc(NC(=O)Nc2ccc(Oc3ccnc(-c4cocn4)c3)cc2F)n(-c2ccc(CO)cc2)n1. The van der Waals surface area contributed by atoms with Crippen molar-refractivity contribution in [3.63, 3.8) is 0 Å². The third kappa shape index (κ3) is 6.00. The molecule has 5 aromatic rings. The van der Waals surface area contributed by atoms with Gasteiger partial charge in [-0.3, -0.25) is 10.3 Å². The van der Waals surface area contributed by atoms with Crippen LogP contribution in [0.5, 0.6) is 11.5 Å². The maximum Gasteiger partial charge on any atom is 0.324 e. The van der Waals surface area contributed by atoms with E-state index in [1.165, 1.54) is 24.8 Å². The molecule has 0 aliphatic heterocycles. The Morgan fingerprint density at radius 3 is 2.45 bits per heavy atom. The third-order valence-corrected chi connectivity index (χ3v) is 5.93. The normalized spacial score (nSPS) is 11.3. The minimum atomic E-state index is -0.679. The smallest absolute Gasteiger partial charge is 0.324 e. The van der Waals surface area contributed by atoms with Gasteiger partial charge in [0.25, 0.3) is 0 Å². The molecule has 0 bridgehead atoms. The second kappa shape index (κ2) is 11.0. The fourth-order valence-electron chi connectivity index (χ4n) is 3.80. The largest absolute Gasteiger partial charge is 0.457 e. The molecule has 0 radical (unpaired) electrons. The molecule has 5 rings (SSSR count). The minimum absolute atomic E-state index is 0.0303. The predicted molar refractivity (Wildman–Crippen MR) is 147 cm³/mol.